The van der Waals surface area contributed by atoms with Crippen molar-refractivity contribution in [1.29, 1.82) is 0 Å². The summed E-state index contributed by atoms with van der Waals surface area (Å²) in [5.74, 6) is -0.729. The van der Waals surface area contributed by atoms with Crippen LogP contribution in [0.4, 0.5) is 0 Å². The van der Waals surface area contributed by atoms with Crippen LogP contribution in [0.2, 0.25) is 0 Å². The largest absolute Gasteiger partial charge is 0.468 e. The second-order valence-electron chi connectivity index (χ2n) is 4.25. The Hall–Kier alpha value is -1.84. The Morgan fingerprint density at radius 3 is 2.39 bits per heavy atom. The fraction of sp³-hybridized carbons (Fsp3) is 0.429. The zero-order valence-corrected chi connectivity index (χ0v) is 11.1. The molecule has 1 aromatic carbocycles. The molecule has 0 radical (unpaired) electrons. The van der Waals surface area contributed by atoms with Gasteiger partial charge in [-0.1, -0.05) is 19.1 Å². The van der Waals surface area contributed by atoms with Crippen LogP contribution in [0.25, 0.3) is 0 Å². The Kier molecular flexibility index (Phi) is 4.48. The minimum atomic E-state index is -0.751. The van der Waals surface area contributed by atoms with E-state index < -0.39 is 11.4 Å². The first kappa shape index (κ1) is 14.2. The number of ether oxygens (including phenoxy) is 2. The van der Waals surface area contributed by atoms with Crippen LogP contribution >= 0.6 is 0 Å². The van der Waals surface area contributed by atoms with Gasteiger partial charge in [-0.05, 0) is 31.0 Å². The van der Waals surface area contributed by atoms with Crippen LogP contribution < -0.4 is 0 Å². The molecule has 0 bridgehead atoms. The zero-order valence-electron chi connectivity index (χ0n) is 11.1. The fourth-order valence-corrected chi connectivity index (χ4v) is 1.80. The van der Waals surface area contributed by atoms with Gasteiger partial charge in [0.15, 0.2) is 0 Å². The van der Waals surface area contributed by atoms with Crippen LogP contribution in [-0.2, 0) is 19.7 Å². The molecule has 0 aliphatic rings. The number of benzene rings is 1. The molecule has 0 saturated heterocycles. The van der Waals surface area contributed by atoms with Gasteiger partial charge in [0.1, 0.15) is 0 Å². The topological polar surface area (TPSA) is 52.6 Å². The van der Waals surface area contributed by atoms with Crippen molar-refractivity contribution < 1.29 is 19.1 Å². The maximum absolute atomic E-state index is 11.9. The van der Waals surface area contributed by atoms with E-state index in [4.69, 9.17) is 4.74 Å². The third-order valence-electron chi connectivity index (χ3n) is 3.26. The first-order chi connectivity index (χ1) is 8.49. The summed E-state index contributed by atoms with van der Waals surface area (Å²) in [6.45, 7) is 3.71. The average Bonchev–Trinajstić information content (AvgIpc) is 2.44. The lowest BCUT2D eigenvalue weighted by atomic mass is 9.79. The van der Waals surface area contributed by atoms with Crippen molar-refractivity contribution in [3.05, 3.63) is 35.4 Å². The molecule has 0 aliphatic carbocycles. The van der Waals surface area contributed by atoms with E-state index in [1.165, 1.54) is 14.2 Å². The molecule has 1 atom stereocenters. The Labute approximate surface area is 107 Å². The van der Waals surface area contributed by atoms with Crippen molar-refractivity contribution in [3.8, 4) is 0 Å². The monoisotopic (exact) mass is 250 g/mol. The lowest BCUT2D eigenvalue weighted by molar-refractivity contribution is -0.147. The van der Waals surface area contributed by atoms with Crippen molar-refractivity contribution in [2.75, 3.05) is 14.2 Å². The first-order valence-electron chi connectivity index (χ1n) is 5.77. The maximum atomic E-state index is 11.9. The van der Waals surface area contributed by atoms with E-state index >= 15 is 0 Å². The van der Waals surface area contributed by atoms with Gasteiger partial charge in [0.05, 0.1) is 25.2 Å². The van der Waals surface area contributed by atoms with Crippen LogP contribution in [0, 0.1) is 0 Å². The van der Waals surface area contributed by atoms with Crippen LogP contribution in [0.15, 0.2) is 24.3 Å². The highest BCUT2D eigenvalue weighted by Gasteiger charge is 2.34. The van der Waals surface area contributed by atoms with E-state index in [-0.39, 0.29) is 5.97 Å². The Balaban J connectivity index is 3.23. The van der Waals surface area contributed by atoms with Crippen LogP contribution in [0.1, 0.15) is 36.2 Å². The molecule has 0 amide bonds. The van der Waals surface area contributed by atoms with Gasteiger partial charge < -0.3 is 9.47 Å². The quantitative estimate of drug-likeness (QED) is 0.769. The molecule has 98 valence electrons. The van der Waals surface area contributed by atoms with Gasteiger partial charge in [-0.25, -0.2) is 4.79 Å². The summed E-state index contributed by atoms with van der Waals surface area (Å²) < 4.78 is 9.50. The lowest BCUT2D eigenvalue weighted by Crippen LogP contribution is -2.33. The lowest BCUT2D eigenvalue weighted by Gasteiger charge is -2.25. The average molecular weight is 250 g/mol. The van der Waals surface area contributed by atoms with E-state index in [1.54, 1.807) is 25.1 Å². The molecule has 0 fully saturated rings. The van der Waals surface area contributed by atoms with Gasteiger partial charge in [-0.3, -0.25) is 4.79 Å². The highest BCUT2D eigenvalue weighted by molar-refractivity contribution is 5.90. The molecule has 1 aromatic rings. The van der Waals surface area contributed by atoms with Crippen molar-refractivity contribution >= 4 is 11.9 Å². The summed E-state index contributed by atoms with van der Waals surface area (Å²) in [6.07, 6.45) is 0.588. The van der Waals surface area contributed by atoms with Gasteiger partial charge in [-0.2, -0.15) is 0 Å². The van der Waals surface area contributed by atoms with Gasteiger partial charge in [-0.15, -0.1) is 0 Å². The van der Waals surface area contributed by atoms with Crippen LogP contribution in [0.3, 0.4) is 0 Å². The second kappa shape index (κ2) is 5.67. The van der Waals surface area contributed by atoms with E-state index in [0.717, 1.165) is 5.56 Å². The number of esters is 2. The van der Waals surface area contributed by atoms with Crippen molar-refractivity contribution in [3.63, 3.8) is 0 Å². The predicted octanol–water partition coefficient (Wildman–Crippen LogP) is 2.31. The van der Waals surface area contributed by atoms with Crippen molar-refractivity contribution in [2.24, 2.45) is 0 Å². The molecule has 18 heavy (non-hydrogen) atoms. The zero-order chi connectivity index (χ0) is 13.8. The maximum Gasteiger partial charge on any atom is 0.337 e. The number of hydrogen-bond donors (Lipinski definition) is 0. The summed E-state index contributed by atoms with van der Waals surface area (Å²) in [6, 6.07) is 6.88. The molecule has 0 aromatic heterocycles. The third kappa shape index (κ3) is 2.53. The molecule has 0 spiro atoms. The van der Waals surface area contributed by atoms with E-state index in [9.17, 15) is 9.59 Å². The van der Waals surface area contributed by atoms with E-state index in [1.807, 2.05) is 13.0 Å². The van der Waals surface area contributed by atoms with E-state index in [2.05, 4.69) is 4.74 Å². The summed E-state index contributed by atoms with van der Waals surface area (Å²) in [7, 11) is 2.69. The van der Waals surface area contributed by atoms with Crippen molar-refractivity contribution in [1.82, 2.24) is 0 Å². The fourth-order valence-electron chi connectivity index (χ4n) is 1.80. The molecular formula is C14H18O4. The molecule has 1 rings (SSSR count). The number of methoxy groups -OCH3 is 2. The summed E-state index contributed by atoms with van der Waals surface area (Å²) in [5.41, 5.74) is 0.428. The highest BCUT2D eigenvalue weighted by Crippen LogP contribution is 2.29. The van der Waals surface area contributed by atoms with Gasteiger partial charge in [0.2, 0.25) is 0 Å². The van der Waals surface area contributed by atoms with Gasteiger partial charge >= 0.3 is 11.9 Å². The van der Waals surface area contributed by atoms with Gasteiger partial charge in [0.25, 0.3) is 0 Å². The number of carbonyl (C=O) groups excluding carboxylic acids is 2. The molecule has 0 saturated carbocycles. The SMILES string of the molecule is CCC(C)(C(=O)OC)c1cccc(C(=O)OC)c1. The Morgan fingerprint density at radius 2 is 1.89 bits per heavy atom. The second-order valence-corrected chi connectivity index (χ2v) is 4.25. The number of rotatable bonds is 4. The third-order valence-corrected chi connectivity index (χ3v) is 3.26. The Bertz CT molecular complexity index is 453. The molecule has 0 heterocycles. The van der Waals surface area contributed by atoms with Gasteiger partial charge in [0, 0.05) is 0 Å². The van der Waals surface area contributed by atoms with Crippen molar-refractivity contribution in [2.45, 2.75) is 25.7 Å². The highest BCUT2D eigenvalue weighted by atomic mass is 16.5. The predicted molar refractivity (Wildman–Crippen MR) is 67.4 cm³/mol. The number of hydrogen-bond acceptors (Lipinski definition) is 4. The smallest absolute Gasteiger partial charge is 0.337 e. The summed E-state index contributed by atoms with van der Waals surface area (Å²) in [4.78, 5) is 23.4. The molecule has 4 heteroatoms. The molecule has 0 aliphatic heterocycles. The van der Waals surface area contributed by atoms with E-state index in [0.29, 0.717) is 12.0 Å². The molecule has 1 unspecified atom stereocenters. The normalized spacial score (nSPS) is 13.6. The molecule has 4 nitrogen and oxygen atoms in total. The standard InChI is InChI=1S/C14H18O4/c1-5-14(2,13(16)18-4)11-8-6-7-10(9-11)12(15)17-3/h6-9H,5H2,1-4H3. The molecular weight excluding hydrogens is 232 g/mol. The minimum absolute atomic E-state index is 0.313. The minimum Gasteiger partial charge on any atom is -0.468 e. The summed E-state index contributed by atoms with van der Waals surface area (Å²) >= 11 is 0. The van der Waals surface area contributed by atoms with Crippen LogP contribution in [-0.4, -0.2) is 26.2 Å². The number of carbonyl (C=O) groups is 2. The van der Waals surface area contributed by atoms with Crippen LogP contribution in [0.5, 0.6) is 0 Å². The Morgan fingerprint density at radius 1 is 1.22 bits per heavy atom. The molecule has 0 N–H and O–H groups in total. The summed E-state index contributed by atoms with van der Waals surface area (Å²) in [5, 5.41) is 0. The first-order valence-corrected chi connectivity index (χ1v) is 5.77.